The van der Waals surface area contributed by atoms with Gasteiger partial charge < -0.3 is 25.9 Å². The van der Waals surface area contributed by atoms with Crippen LogP contribution in [-0.2, 0) is 35.5 Å². The zero-order chi connectivity index (χ0) is 22.1. The molecule has 0 bridgehead atoms. The van der Waals surface area contributed by atoms with Crippen LogP contribution < -0.4 is 0 Å². The summed E-state index contributed by atoms with van der Waals surface area (Å²) in [5.74, 6) is -0.625. The van der Waals surface area contributed by atoms with Crippen LogP contribution in [0.4, 0.5) is 0 Å². The van der Waals surface area contributed by atoms with Gasteiger partial charge in [0.05, 0.1) is 18.4 Å². The molecule has 2 unspecified atom stereocenters. The van der Waals surface area contributed by atoms with E-state index in [1.165, 1.54) is 0 Å². The van der Waals surface area contributed by atoms with Crippen molar-refractivity contribution in [1.82, 2.24) is 0 Å². The lowest BCUT2D eigenvalue weighted by Gasteiger charge is -2.37. The van der Waals surface area contributed by atoms with E-state index in [2.05, 4.69) is 13.1 Å². The number of rotatable bonds is 8. The second-order valence-electron chi connectivity index (χ2n) is 8.08. The van der Waals surface area contributed by atoms with Gasteiger partial charge in [0.1, 0.15) is 6.61 Å². The molecule has 1 aliphatic carbocycles. The van der Waals surface area contributed by atoms with Crippen molar-refractivity contribution in [2.75, 3.05) is 13.2 Å². The summed E-state index contributed by atoms with van der Waals surface area (Å²) in [5.41, 5.74) is 0. The van der Waals surface area contributed by atoms with Crippen LogP contribution in [0.2, 0.25) is 32.2 Å². The predicted molar refractivity (Wildman–Crippen MR) is 122 cm³/mol. The van der Waals surface area contributed by atoms with Gasteiger partial charge in [0.2, 0.25) is 0 Å². The van der Waals surface area contributed by atoms with Gasteiger partial charge in [0, 0.05) is 0 Å². The van der Waals surface area contributed by atoms with Gasteiger partial charge in [-0.05, 0) is 64.3 Å². The van der Waals surface area contributed by atoms with Crippen LogP contribution in [0.1, 0.15) is 32.1 Å². The van der Waals surface area contributed by atoms with E-state index in [1.807, 2.05) is 19.6 Å². The largest absolute Gasteiger partial charge is 0.465 e. The Bertz CT molecular complexity index is 571. The molecule has 1 aliphatic heterocycles. The van der Waals surface area contributed by atoms with Crippen molar-refractivity contribution < 1.29 is 35.5 Å². The zero-order valence-electron chi connectivity index (χ0n) is 18.6. The monoisotopic (exact) mass is 492 g/mol. The summed E-state index contributed by atoms with van der Waals surface area (Å²) >= 11 is 0. The SMILES string of the molecule is C=CCOC(=O)C1CCC(C(=O)OCCC[Si]2(C)O[SiH](C)O[SiH](C)O[SiH](C)O2)CC1. The average molecular weight is 493 g/mol. The van der Waals surface area contributed by atoms with Crippen molar-refractivity contribution in [3.63, 3.8) is 0 Å². The highest BCUT2D eigenvalue weighted by Gasteiger charge is 2.39. The number of esters is 2. The van der Waals surface area contributed by atoms with Crippen LogP contribution in [-0.4, -0.2) is 61.6 Å². The van der Waals surface area contributed by atoms with Crippen LogP contribution in [0.25, 0.3) is 0 Å². The van der Waals surface area contributed by atoms with Gasteiger partial charge >= 0.3 is 20.5 Å². The van der Waals surface area contributed by atoms with Gasteiger partial charge in [0.15, 0.2) is 0 Å². The first-order valence-corrected chi connectivity index (χ1v) is 19.6. The molecule has 172 valence electrons. The molecular weight excluding hydrogens is 457 g/mol. The Morgan fingerprint density at radius 2 is 1.47 bits per heavy atom. The van der Waals surface area contributed by atoms with E-state index in [9.17, 15) is 9.59 Å². The normalized spacial score (nSPS) is 35.0. The molecule has 2 aliphatic rings. The maximum atomic E-state index is 12.4. The van der Waals surface area contributed by atoms with Crippen LogP contribution >= 0.6 is 0 Å². The van der Waals surface area contributed by atoms with E-state index < -0.39 is 36.4 Å². The smallest absolute Gasteiger partial charge is 0.317 e. The lowest BCUT2D eigenvalue weighted by Crippen LogP contribution is -2.53. The molecule has 30 heavy (non-hydrogen) atoms. The Balaban J connectivity index is 1.69. The number of ether oxygens (including phenoxy) is 2. The first-order valence-electron chi connectivity index (χ1n) is 10.8. The summed E-state index contributed by atoms with van der Waals surface area (Å²) in [5, 5.41) is 0. The Kier molecular flexibility index (Phi) is 10.6. The molecule has 12 heteroatoms. The Morgan fingerprint density at radius 1 is 0.967 bits per heavy atom. The Morgan fingerprint density at radius 3 is 1.97 bits per heavy atom. The van der Waals surface area contributed by atoms with Gasteiger partial charge in [-0.1, -0.05) is 12.7 Å². The molecule has 8 nitrogen and oxygen atoms in total. The maximum Gasteiger partial charge on any atom is 0.317 e. The fourth-order valence-corrected chi connectivity index (χ4v) is 18.6. The van der Waals surface area contributed by atoms with Crippen LogP contribution in [0, 0.1) is 11.8 Å². The van der Waals surface area contributed by atoms with Crippen LogP contribution in [0.5, 0.6) is 0 Å². The minimum Gasteiger partial charge on any atom is -0.465 e. The molecule has 1 saturated carbocycles. The topological polar surface area (TPSA) is 89.5 Å². The van der Waals surface area contributed by atoms with Gasteiger partial charge in [-0.2, -0.15) is 0 Å². The highest BCUT2D eigenvalue weighted by molar-refractivity contribution is 6.81. The second-order valence-corrected chi connectivity index (χ2v) is 18.3. The molecule has 0 radical (unpaired) electrons. The summed E-state index contributed by atoms with van der Waals surface area (Å²) in [7, 11) is -7.50. The summed E-state index contributed by atoms with van der Waals surface area (Å²) in [6.45, 7) is 12.2. The second kappa shape index (κ2) is 12.4. The van der Waals surface area contributed by atoms with Crippen molar-refractivity contribution in [1.29, 1.82) is 0 Å². The number of carbonyl (C=O) groups is 2. The minimum absolute atomic E-state index is 0.124. The minimum atomic E-state index is -2.37. The third kappa shape index (κ3) is 8.49. The Labute approximate surface area is 186 Å². The highest BCUT2D eigenvalue weighted by atomic mass is 28.5. The maximum absolute atomic E-state index is 12.4. The first-order chi connectivity index (χ1) is 14.2. The third-order valence-electron chi connectivity index (χ3n) is 5.35. The van der Waals surface area contributed by atoms with Crippen LogP contribution in [0.3, 0.4) is 0 Å². The molecule has 0 spiro atoms. The fourth-order valence-electron chi connectivity index (χ4n) is 3.98. The summed E-state index contributed by atoms with van der Waals surface area (Å²) in [6, 6.07) is 0.750. The Hall–Kier alpha value is -0.612. The highest BCUT2D eigenvalue weighted by Crippen LogP contribution is 2.30. The number of carbonyl (C=O) groups excluding carboxylic acids is 2. The van der Waals surface area contributed by atoms with E-state index in [1.54, 1.807) is 6.08 Å². The molecule has 0 aromatic carbocycles. The first kappa shape index (κ1) is 25.6. The number of hydrogen-bond acceptors (Lipinski definition) is 8. The molecule has 0 amide bonds. The lowest BCUT2D eigenvalue weighted by atomic mass is 9.82. The quantitative estimate of drug-likeness (QED) is 0.220. The van der Waals surface area contributed by atoms with E-state index in [0.29, 0.717) is 38.7 Å². The van der Waals surface area contributed by atoms with E-state index in [4.69, 9.17) is 25.9 Å². The van der Waals surface area contributed by atoms with Crippen molar-refractivity contribution in [2.24, 2.45) is 11.8 Å². The number of hydrogen-bond donors (Lipinski definition) is 0. The summed E-state index contributed by atoms with van der Waals surface area (Å²) in [6.07, 6.45) is 4.91. The van der Waals surface area contributed by atoms with Gasteiger partial charge in [-0.25, -0.2) is 0 Å². The molecule has 1 saturated heterocycles. The molecule has 0 aromatic rings. The average Bonchev–Trinajstić information content (AvgIpc) is 2.67. The molecule has 2 fully saturated rings. The molecule has 0 aromatic heterocycles. The predicted octanol–water partition coefficient (Wildman–Crippen LogP) is 2.16. The lowest BCUT2D eigenvalue weighted by molar-refractivity contribution is -0.154. The van der Waals surface area contributed by atoms with E-state index in [-0.39, 0.29) is 30.4 Å². The molecule has 1 heterocycles. The fraction of sp³-hybridized carbons (Fsp3) is 0.778. The van der Waals surface area contributed by atoms with E-state index >= 15 is 0 Å². The van der Waals surface area contributed by atoms with E-state index in [0.717, 1.165) is 6.04 Å². The van der Waals surface area contributed by atoms with Gasteiger partial charge in [-0.15, -0.1) is 0 Å². The van der Waals surface area contributed by atoms with Crippen molar-refractivity contribution in [3.8, 4) is 0 Å². The molecule has 2 atom stereocenters. The van der Waals surface area contributed by atoms with Gasteiger partial charge in [-0.3, -0.25) is 9.59 Å². The molecule has 2 rings (SSSR count). The van der Waals surface area contributed by atoms with Crippen molar-refractivity contribution in [2.45, 2.75) is 64.3 Å². The standard InChI is InChI=1S/C18H36O8Si4/c1-6-12-21-17(19)15-8-10-16(11-9-15)18(20)22-13-7-14-30(5)25-28(3)23-27(2)24-29(4)26-30/h6,15-16,27-29H,1,7-14H2,2-5H3. The van der Waals surface area contributed by atoms with Gasteiger partial charge in [0.25, 0.3) is 27.9 Å². The van der Waals surface area contributed by atoms with Crippen LogP contribution in [0.15, 0.2) is 12.7 Å². The van der Waals surface area contributed by atoms with Crippen molar-refractivity contribution >= 4 is 48.4 Å². The summed E-state index contributed by atoms with van der Waals surface area (Å²) in [4.78, 5) is 24.3. The zero-order valence-corrected chi connectivity index (χ0v) is 23.1. The molecule has 0 N–H and O–H groups in total. The third-order valence-corrected chi connectivity index (χ3v) is 19.4. The molecular formula is C18H36O8Si4. The van der Waals surface area contributed by atoms with Crippen molar-refractivity contribution in [3.05, 3.63) is 12.7 Å². The summed E-state index contributed by atoms with van der Waals surface area (Å²) < 4.78 is 35.0.